The van der Waals surface area contributed by atoms with Gasteiger partial charge in [-0.15, -0.1) is 10.2 Å². The standard InChI is InChI=1S/C14H22N4O3S2/c1-6-22-13(20)21-9-7-8-17(5)12(19)18(9)11-16-15-10(23-11)14(2,3)4/h9H,6-8H2,1-5H3. The molecule has 0 aromatic carbocycles. The molecule has 1 fully saturated rings. The number of carbonyl (C=O) groups excluding carboxylic acids is 2. The molecule has 1 unspecified atom stereocenters. The Labute approximate surface area is 144 Å². The Morgan fingerprint density at radius 2 is 2.13 bits per heavy atom. The molecule has 1 atom stereocenters. The number of carbonyl (C=O) groups is 2. The van der Waals surface area contributed by atoms with Crippen molar-refractivity contribution in [3.63, 3.8) is 0 Å². The molecule has 0 aliphatic carbocycles. The van der Waals surface area contributed by atoms with Gasteiger partial charge in [-0.25, -0.2) is 14.5 Å². The highest BCUT2D eigenvalue weighted by atomic mass is 32.2. The van der Waals surface area contributed by atoms with Crippen LogP contribution in [0.2, 0.25) is 0 Å². The summed E-state index contributed by atoms with van der Waals surface area (Å²) in [7, 11) is 1.72. The zero-order chi connectivity index (χ0) is 17.2. The van der Waals surface area contributed by atoms with Gasteiger partial charge in [0.15, 0.2) is 6.23 Å². The second-order valence-corrected chi connectivity index (χ2v) is 8.41. The SMILES string of the molecule is CCSC(=O)OC1CCN(C)C(=O)N1c1nnc(C(C)(C)C)s1. The van der Waals surface area contributed by atoms with Gasteiger partial charge in [0.2, 0.25) is 5.13 Å². The van der Waals surface area contributed by atoms with E-state index in [4.69, 9.17) is 4.74 Å². The molecule has 2 heterocycles. The highest BCUT2D eigenvalue weighted by molar-refractivity contribution is 8.13. The van der Waals surface area contributed by atoms with Gasteiger partial charge >= 0.3 is 11.3 Å². The summed E-state index contributed by atoms with van der Waals surface area (Å²) in [4.78, 5) is 27.4. The fraction of sp³-hybridized carbons (Fsp3) is 0.714. The molecule has 0 spiro atoms. The van der Waals surface area contributed by atoms with Gasteiger partial charge in [0.05, 0.1) is 0 Å². The van der Waals surface area contributed by atoms with Crippen LogP contribution in [-0.2, 0) is 10.2 Å². The fourth-order valence-corrected chi connectivity index (χ4v) is 3.38. The Balaban J connectivity index is 2.26. The van der Waals surface area contributed by atoms with E-state index in [1.54, 1.807) is 11.9 Å². The van der Waals surface area contributed by atoms with E-state index in [0.29, 0.717) is 23.8 Å². The number of aromatic nitrogens is 2. The number of anilines is 1. The average Bonchev–Trinajstić information content (AvgIpc) is 2.93. The lowest BCUT2D eigenvalue weighted by atomic mass is 9.98. The summed E-state index contributed by atoms with van der Waals surface area (Å²) < 4.78 is 5.45. The highest BCUT2D eigenvalue weighted by Gasteiger charge is 2.38. The van der Waals surface area contributed by atoms with Crippen molar-refractivity contribution in [3.05, 3.63) is 5.01 Å². The number of urea groups is 1. The molecule has 1 saturated heterocycles. The van der Waals surface area contributed by atoms with Crippen LogP contribution in [0.4, 0.5) is 14.7 Å². The number of nitrogens with zero attached hydrogens (tertiary/aromatic N) is 4. The number of amides is 2. The molecule has 7 nitrogen and oxygen atoms in total. The third-order valence-corrected chi connectivity index (χ3v) is 5.26. The summed E-state index contributed by atoms with van der Waals surface area (Å²) in [5, 5.41) is 9.25. The molecule has 23 heavy (non-hydrogen) atoms. The predicted molar refractivity (Wildman–Crippen MR) is 92.1 cm³/mol. The average molecular weight is 358 g/mol. The number of hydrogen-bond donors (Lipinski definition) is 0. The van der Waals surface area contributed by atoms with Gasteiger partial charge < -0.3 is 9.64 Å². The minimum Gasteiger partial charge on any atom is -0.433 e. The van der Waals surface area contributed by atoms with Crippen molar-refractivity contribution in [2.75, 3.05) is 24.2 Å². The first-order chi connectivity index (χ1) is 10.7. The van der Waals surface area contributed by atoms with Gasteiger partial charge in [-0.2, -0.15) is 0 Å². The van der Waals surface area contributed by atoms with E-state index < -0.39 is 6.23 Å². The van der Waals surface area contributed by atoms with Crippen LogP contribution in [0.25, 0.3) is 0 Å². The Morgan fingerprint density at radius 3 is 2.70 bits per heavy atom. The molecular formula is C14H22N4O3S2. The minimum absolute atomic E-state index is 0.148. The van der Waals surface area contributed by atoms with Crippen LogP contribution in [0.15, 0.2) is 0 Å². The predicted octanol–water partition coefficient (Wildman–Crippen LogP) is 3.31. The molecule has 2 rings (SSSR count). The fourth-order valence-electron chi connectivity index (χ4n) is 2.03. The topological polar surface area (TPSA) is 75.6 Å². The minimum atomic E-state index is -0.633. The molecule has 1 aliphatic heterocycles. The molecule has 1 aliphatic rings. The Kier molecular flexibility index (Phi) is 5.51. The first-order valence-corrected chi connectivity index (χ1v) is 9.26. The van der Waals surface area contributed by atoms with Gasteiger partial charge in [-0.05, 0) is 11.8 Å². The van der Waals surface area contributed by atoms with Crippen molar-refractivity contribution in [3.8, 4) is 0 Å². The normalized spacial score (nSPS) is 19.2. The molecule has 0 N–H and O–H groups in total. The maximum Gasteiger partial charge on any atom is 0.369 e. The van der Waals surface area contributed by atoms with Crippen LogP contribution < -0.4 is 4.90 Å². The number of rotatable bonds is 3. The van der Waals surface area contributed by atoms with Crippen molar-refractivity contribution >= 4 is 39.6 Å². The van der Waals surface area contributed by atoms with Crippen LogP contribution in [0, 0.1) is 0 Å². The monoisotopic (exact) mass is 358 g/mol. The van der Waals surface area contributed by atoms with Gasteiger partial charge in [-0.1, -0.05) is 39.0 Å². The van der Waals surface area contributed by atoms with Crippen LogP contribution >= 0.6 is 23.1 Å². The third kappa shape index (κ3) is 4.14. The van der Waals surface area contributed by atoms with Crippen molar-refractivity contribution in [2.45, 2.75) is 45.8 Å². The number of ether oxygens (including phenoxy) is 1. The summed E-state index contributed by atoms with van der Waals surface area (Å²) in [6.45, 7) is 8.53. The van der Waals surface area contributed by atoms with Crippen LogP contribution in [0.1, 0.15) is 39.1 Å². The van der Waals surface area contributed by atoms with Gasteiger partial charge in [0.25, 0.3) is 0 Å². The second-order valence-electron chi connectivity index (χ2n) is 6.26. The van der Waals surface area contributed by atoms with Crippen LogP contribution in [0.5, 0.6) is 0 Å². The molecular weight excluding hydrogens is 336 g/mol. The summed E-state index contributed by atoms with van der Waals surface area (Å²) in [6, 6.07) is -0.229. The van der Waals surface area contributed by atoms with E-state index in [9.17, 15) is 9.59 Å². The third-order valence-electron chi connectivity index (χ3n) is 3.29. The molecule has 0 bridgehead atoms. The van der Waals surface area contributed by atoms with E-state index in [1.807, 2.05) is 27.7 Å². The van der Waals surface area contributed by atoms with Crippen molar-refractivity contribution in [2.24, 2.45) is 0 Å². The lowest BCUT2D eigenvalue weighted by Crippen LogP contribution is -2.54. The van der Waals surface area contributed by atoms with Gasteiger partial charge in [0.1, 0.15) is 5.01 Å². The molecule has 1 aromatic heterocycles. The molecule has 2 amide bonds. The largest absolute Gasteiger partial charge is 0.433 e. The van der Waals surface area contributed by atoms with Gasteiger partial charge in [0, 0.05) is 31.2 Å². The molecule has 128 valence electrons. The molecule has 0 saturated carbocycles. The van der Waals surface area contributed by atoms with Crippen molar-refractivity contribution in [1.29, 1.82) is 0 Å². The van der Waals surface area contributed by atoms with E-state index in [-0.39, 0.29) is 16.7 Å². The maximum atomic E-state index is 12.5. The van der Waals surface area contributed by atoms with E-state index in [0.717, 1.165) is 16.8 Å². The van der Waals surface area contributed by atoms with Crippen LogP contribution in [-0.4, -0.2) is 52.0 Å². The summed E-state index contributed by atoms with van der Waals surface area (Å²) >= 11 is 2.44. The Hall–Kier alpha value is -1.35. The molecule has 9 heteroatoms. The van der Waals surface area contributed by atoms with Crippen LogP contribution in [0.3, 0.4) is 0 Å². The van der Waals surface area contributed by atoms with Gasteiger partial charge in [-0.3, -0.25) is 0 Å². The lowest BCUT2D eigenvalue weighted by molar-refractivity contribution is 0.0928. The Morgan fingerprint density at radius 1 is 1.43 bits per heavy atom. The zero-order valence-corrected chi connectivity index (χ0v) is 15.7. The van der Waals surface area contributed by atoms with E-state index in [1.165, 1.54) is 16.2 Å². The molecule has 1 aromatic rings. The van der Waals surface area contributed by atoms with E-state index in [2.05, 4.69) is 10.2 Å². The number of thioether (sulfide) groups is 1. The zero-order valence-electron chi connectivity index (χ0n) is 14.0. The second kappa shape index (κ2) is 7.04. The summed E-state index contributed by atoms with van der Waals surface area (Å²) in [5.41, 5.74) is -0.148. The van der Waals surface area contributed by atoms with Crippen molar-refractivity contribution in [1.82, 2.24) is 15.1 Å². The lowest BCUT2D eigenvalue weighted by Gasteiger charge is -2.37. The summed E-state index contributed by atoms with van der Waals surface area (Å²) in [5.74, 6) is 0.631. The van der Waals surface area contributed by atoms with E-state index >= 15 is 0 Å². The quantitative estimate of drug-likeness (QED) is 0.772. The number of hydrogen-bond acceptors (Lipinski definition) is 7. The summed E-state index contributed by atoms with van der Waals surface area (Å²) in [6.07, 6.45) is -0.0890. The smallest absolute Gasteiger partial charge is 0.369 e. The van der Waals surface area contributed by atoms with Crippen molar-refractivity contribution < 1.29 is 14.3 Å². The Bertz CT molecular complexity index is 585. The molecule has 0 radical (unpaired) electrons. The highest BCUT2D eigenvalue weighted by Crippen LogP contribution is 2.33. The first-order valence-electron chi connectivity index (χ1n) is 7.45. The maximum absolute atomic E-state index is 12.5. The first kappa shape index (κ1) is 18.0.